The second-order valence-electron chi connectivity index (χ2n) is 4.45. The normalized spacial score (nSPS) is 12.9. The number of hydrogen-bond acceptors (Lipinski definition) is 1. The summed E-state index contributed by atoms with van der Waals surface area (Å²) in [5.74, 6) is 0. The molecule has 1 radical (unpaired) electrons. The van der Waals surface area contributed by atoms with Crippen LogP contribution < -0.4 is 5.19 Å². The second kappa shape index (κ2) is 5.28. The molecule has 0 aromatic heterocycles. The zero-order valence-electron chi connectivity index (χ0n) is 10.2. The Morgan fingerprint density at radius 1 is 1.31 bits per heavy atom. The average molecular weight is 231 g/mol. The smallest absolute Gasteiger partial charge is 0.117 e. The Morgan fingerprint density at radius 3 is 2.31 bits per heavy atom. The van der Waals surface area contributed by atoms with Gasteiger partial charge in [-0.3, -0.25) is 0 Å². The Balaban J connectivity index is 2.99. The van der Waals surface area contributed by atoms with Crippen LogP contribution in [0.25, 0.3) is 0 Å². The van der Waals surface area contributed by atoms with Crippen molar-refractivity contribution in [3.05, 3.63) is 54.3 Å². The third-order valence-electron chi connectivity index (χ3n) is 2.37. The summed E-state index contributed by atoms with van der Waals surface area (Å²) >= 11 is 0. The number of hydrogen-bond donors (Lipinski definition) is 1. The molecule has 0 spiro atoms. The molecule has 1 rings (SSSR count). The molecule has 0 heterocycles. The van der Waals surface area contributed by atoms with Gasteiger partial charge >= 0.3 is 0 Å². The van der Waals surface area contributed by atoms with Crippen molar-refractivity contribution in [3.8, 4) is 0 Å². The van der Waals surface area contributed by atoms with Gasteiger partial charge in [0.15, 0.2) is 0 Å². The second-order valence-corrected chi connectivity index (χ2v) is 6.85. The summed E-state index contributed by atoms with van der Waals surface area (Å²) in [7, 11) is -0.806. The van der Waals surface area contributed by atoms with Gasteiger partial charge < -0.3 is 5.11 Å². The number of rotatable bonds is 4. The molecule has 16 heavy (non-hydrogen) atoms. The Hall–Kier alpha value is -1.12. The van der Waals surface area contributed by atoms with Crippen LogP contribution in [-0.4, -0.2) is 19.5 Å². The monoisotopic (exact) mass is 231 g/mol. The fraction of sp³-hybridized carbons (Fsp3) is 0.286. The van der Waals surface area contributed by atoms with Crippen molar-refractivity contribution in [2.24, 2.45) is 0 Å². The van der Waals surface area contributed by atoms with E-state index in [1.165, 1.54) is 5.19 Å². The molecule has 0 fully saturated rings. The summed E-state index contributed by atoms with van der Waals surface area (Å²) in [6, 6.07) is 10.4. The first-order valence-electron chi connectivity index (χ1n) is 5.41. The quantitative estimate of drug-likeness (QED) is 0.623. The highest BCUT2D eigenvalue weighted by molar-refractivity contribution is 6.79. The molecule has 0 aliphatic rings. The summed E-state index contributed by atoms with van der Waals surface area (Å²) in [6.45, 7) is 9.64. The van der Waals surface area contributed by atoms with E-state index in [9.17, 15) is 5.11 Å². The van der Waals surface area contributed by atoms with Gasteiger partial charge in [-0.1, -0.05) is 66.0 Å². The van der Waals surface area contributed by atoms with Crippen molar-refractivity contribution >= 4 is 14.0 Å². The summed E-state index contributed by atoms with van der Waals surface area (Å²) in [5, 5.41) is 12.3. The molecule has 1 N–H and O–H groups in total. The average Bonchev–Trinajstić information content (AvgIpc) is 2.25. The van der Waals surface area contributed by atoms with Crippen LogP contribution in [0, 0.1) is 0 Å². The topological polar surface area (TPSA) is 20.2 Å². The largest absolute Gasteiger partial charge is 0.386 e. The highest BCUT2D eigenvalue weighted by atomic mass is 28.3. The van der Waals surface area contributed by atoms with Crippen LogP contribution in [0.1, 0.15) is 13.8 Å². The zero-order valence-corrected chi connectivity index (χ0v) is 11.2. The maximum atomic E-state index is 9.81. The van der Waals surface area contributed by atoms with Crippen LogP contribution in [0.2, 0.25) is 6.55 Å². The molecule has 0 unspecified atom stereocenters. The molecular formula is C14H19OSi. The van der Waals surface area contributed by atoms with Crippen molar-refractivity contribution < 1.29 is 5.11 Å². The Labute approximate surface area is 99.7 Å². The maximum Gasteiger partial charge on any atom is 0.117 e. The van der Waals surface area contributed by atoms with E-state index in [1.54, 1.807) is 13.8 Å². The van der Waals surface area contributed by atoms with Crippen LogP contribution in [0.15, 0.2) is 54.3 Å². The van der Waals surface area contributed by atoms with E-state index in [2.05, 4.69) is 25.3 Å². The highest BCUT2D eigenvalue weighted by Gasteiger charge is 2.15. The first-order chi connectivity index (χ1) is 7.44. The van der Waals surface area contributed by atoms with Crippen LogP contribution >= 0.6 is 0 Å². The van der Waals surface area contributed by atoms with E-state index in [1.807, 2.05) is 30.4 Å². The van der Waals surface area contributed by atoms with E-state index in [0.717, 1.165) is 5.20 Å². The predicted octanol–water partition coefficient (Wildman–Crippen LogP) is 2.44. The standard InChI is InChI=1S/C14H19OSi/c1-5-12(11-14(2,3)15)16(4)13-9-7-6-8-10-13/h5-11,15H,1H2,2-4H3. The van der Waals surface area contributed by atoms with Gasteiger partial charge in [0.2, 0.25) is 0 Å². The van der Waals surface area contributed by atoms with Gasteiger partial charge in [-0.05, 0) is 13.8 Å². The van der Waals surface area contributed by atoms with Gasteiger partial charge in [-0.25, -0.2) is 0 Å². The molecule has 0 saturated heterocycles. The maximum absolute atomic E-state index is 9.81. The van der Waals surface area contributed by atoms with Gasteiger partial charge in [0.1, 0.15) is 8.80 Å². The lowest BCUT2D eigenvalue weighted by molar-refractivity contribution is 0.133. The summed E-state index contributed by atoms with van der Waals surface area (Å²) in [4.78, 5) is 0. The van der Waals surface area contributed by atoms with E-state index in [-0.39, 0.29) is 0 Å². The minimum absolute atomic E-state index is 0.774. The number of benzene rings is 1. The lowest BCUT2D eigenvalue weighted by Gasteiger charge is -2.17. The SMILES string of the molecule is C=CC(=CC(C)(C)O)[Si](C)c1ccccc1. The molecular weight excluding hydrogens is 212 g/mol. The molecule has 85 valence electrons. The Kier molecular flexibility index (Phi) is 4.27. The molecule has 0 atom stereocenters. The molecule has 0 amide bonds. The van der Waals surface area contributed by atoms with Gasteiger partial charge in [-0.15, -0.1) is 0 Å². The van der Waals surface area contributed by atoms with Crippen LogP contribution in [-0.2, 0) is 0 Å². The third-order valence-corrected chi connectivity index (χ3v) is 4.78. The Morgan fingerprint density at radius 2 is 1.88 bits per heavy atom. The Bertz CT molecular complexity index is 373. The zero-order chi connectivity index (χ0) is 12.2. The predicted molar refractivity (Wildman–Crippen MR) is 72.3 cm³/mol. The number of allylic oxidation sites excluding steroid dienone is 2. The fourth-order valence-electron chi connectivity index (χ4n) is 1.56. The van der Waals surface area contributed by atoms with Crippen molar-refractivity contribution in [2.75, 3.05) is 0 Å². The van der Waals surface area contributed by atoms with Crippen LogP contribution in [0.4, 0.5) is 0 Å². The molecule has 1 nitrogen and oxygen atoms in total. The summed E-state index contributed by atoms with van der Waals surface area (Å²) < 4.78 is 0. The van der Waals surface area contributed by atoms with Gasteiger partial charge in [0, 0.05) is 0 Å². The summed E-state index contributed by atoms with van der Waals surface area (Å²) in [5.41, 5.74) is -0.774. The molecule has 1 aromatic carbocycles. The molecule has 0 saturated carbocycles. The van der Waals surface area contributed by atoms with Gasteiger partial charge in [0.05, 0.1) is 5.60 Å². The van der Waals surface area contributed by atoms with Crippen LogP contribution in [0.5, 0.6) is 0 Å². The van der Waals surface area contributed by atoms with E-state index < -0.39 is 14.4 Å². The molecule has 2 heteroatoms. The molecule has 0 aliphatic carbocycles. The van der Waals surface area contributed by atoms with Crippen molar-refractivity contribution in [2.45, 2.75) is 26.0 Å². The minimum Gasteiger partial charge on any atom is -0.386 e. The van der Waals surface area contributed by atoms with Crippen molar-refractivity contribution in [1.82, 2.24) is 0 Å². The van der Waals surface area contributed by atoms with E-state index in [0.29, 0.717) is 0 Å². The van der Waals surface area contributed by atoms with Crippen LogP contribution in [0.3, 0.4) is 0 Å². The lowest BCUT2D eigenvalue weighted by atomic mass is 10.1. The first kappa shape index (κ1) is 12.9. The van der Waals surface area contributed by atoms with Crippen molar-refractivity contribution in [3.63, 3.8) is 0 Å². The molecule has 0 bridgehead atoms. The highest BCUT2D eigenvalue weighted by Crippen LogP contribution is 2.11. The number of aliphatic hydroxyl groups is 1. The van der Waals surface area contributed by atoms with E-state index >= 15 is 0 Å². The first-order valence-corrected chi connectivity index (χ1v) is 7.41. The lowest BCUT2D eigenvalue weighted by Crippen LogP contribution is -2.30. The van der Waals surface area contributed by atoms with Gasteiger partial charge in [-0.2, -0.15) is 0 Å². The third kappa shape index (κ3) is 3.80. The molecule has 1 aromatic rings. The van der Waals surface area contributed by atoms with E-state index in [4.69, 9.17) is 0 Å². The fourth-order valence-corrected chi connectivity index (χ4v) is 3.46. The van der Waals surface area contributed by atoms with Crippen molar-refractivity contribution in [1.29, 1.82) is 0 Å². The molecule has 0 aliphatic heterocycles. The summed E-state index contributed by atoms with van der Waals surface area (Å²) in [6.07, 6.45) is 3.76. The minimum atomic E-state index is -0.806. The van der Waals surface area contributed by atoms with Gasteiger partial charge in [0.25, 0.3) is 0 Å².